The third-order valence-electron chi connectivity index (χ3n) is 3.59. The highest BCUT2D eigenvalue weighted by Gasteiger charge is 2.11. The van der Waals surface area contributed by atoms with Gasteiger partial charge in [-0.25, -0.2) is 0 Å². The fourth-order valence-electron chi connectivity index (χ4n) is 2.20. The van der Waals surface area contributed by atoms with E-state index in [4.69, 9.17) is 0 Å². The van der Waals surface area contributed by atoms with E-state index in [1.165, 1.54) is 21.6 Å². The molecule has 0 N–H and O–H groups in total. The van der Waals surface area contributed by atoms with Crippen LogP contribution in [0.5, 0.6) is 0 Å². The lowest BCUT2D eigenvalue weighted by Gasteiger charge is -2.09. The molecule has 0 heterocycles. The number of thioether (sulfide) groups is 1. The number of hydrogen-bond acceptors (Lipinski definition) is 2. The van der Waals surface area contributed by atoms with E-state index in [9.17, 15) is 4.79 Å². The Morgan fingerprint density at radius 1 is 0.900 bits per heavy atom. The smallest absolute Gasteiger partial charge is 0.173 e. The topological polar surface area (TPSA) is 17.1 Å². The van der Waals surface area contributed by atoms with Crippen molar-refractivity contribution in [1.29, 1.82) is 0 Å². The van der Waals surface area contributed by atoms with Gasteiger partial charge in [0.15, 0.2) is 5.78 Å². The zero-order chi connectivity index (χ0) is 14.7. The second-order valence-electron chi connectivity index (χ2n) is 5.23. The molecule has 0 fully saturated rings. The summed E-state index contributed by atoms with van der Waals surface area (Å²) in [5, 5.41) is 0. The monoisotopic (exact) mass is 284 g/mol. The first-order valence-corrected chi connectivity index (χ1v) is 7.77. The zero-order valence-corrected chi connectivity index (χ0v) is 13.3. The second kappa shape index (κ2) is 6.27. The number of aryl methyl sites for hydroxylation is 4. The van der Waals surface area contributed by atoms with Gasteiger partial charge in [-0.05, 0) is 62.1 Å². The number of carbonyl (C=O) groups is 1. The van der Waals surface area contributed by atoms with Gasteiger partial charge in [-0.3, -0.25) is 4.79 Å². The molecule has 1 nitrogen and oxygen atoms in total. The van der Waals surface area contributed by atoms with Crippen LogP contribution < -0.4 is 0 Å². The van der Waals surface area contributed by atoms with Crippen molar-refractivity contribution in [1.82, 2.24) is 0 Å². The van der Waals surface area contributed by atoms with E-state index in [1.807, 2.05) is 25.1 Å². The molecule has 2 aromatic rings. The molecule has 0 unspecified atom stereocenters. The van der Waals surface area contributed by atoms with Gasteiger partial charge in [-0.1, -0.05) is 24.3 Å². The molecule has 0 atom stereocenters. The molecule has 0 saturated carbocycles. The first-order chi connectivity index (χ1) is 9.49. The summed E-state index contributed by atoms with van der Waals surface area (Å²) in [6.07, 6.45) is 0. The Labute approximate surface area is 125 Å². The predicted octanol–water partition coefficient (Wildman–Crippen LogP) is 4.90. The van der Waals surface area contributed by atoms with Crippen molar-refractivity contribution < 1.29 is 4.79 Å². The molecule has 0 amide bonds. The minimum atomic E-state index is 0.207. The van der Waals surface area contributed by atoms with Crippen LogP contribution >= 0.6 is 11.8 Å². The molecule has 0 aliphatic heterocycles. The van der Waals surface area contributed by atoms with Crippen LogP contribution in [0.25, 0.3) is 0 Å². The third kappa shape index (κ3) is 3.31. The summed E-state index contributed by atoms with van der Waals surface area (Å²) in [6, 6.07) is 12.3. The molecular weight excluding hydrogens is 264 g/mol. The maximum absolute atomic E-state index is 12.4. The molecule has 0 spiro atoms. The second-order valence-corrected chi connectivity index (χ2v) is 6.25. The zero-order valence-electron chi connectivity index (χ0n) is 12.5. The number of Topliss-reactive ketones (excluding diaryl/α,β-unsaturated/α-hetero) is 1. The average Bonchev–Trinajstić information content (AvgIpc) is 2.41. The number of hydrogen-bond donors (Lipinski definition) is 0. The quantitative estimate of drug-likeness (QED) is 0.587. The van der Waals surface area contributed by atoms with Gasteiger partial charge >= 0.3 is 0 Å². The van der Waals surface area contributed by atoms with E-state index in [1.54, 1.807) is 11.8 Å². The minimum Gasteiger partial charge on any atom is -0.293 e. The van der Waals surface area contributed by atoms with E-state index in [0.29, 0.717) is 5.75 Å². The van der Waals surface area contributed by atoms with Gasteiger partial charge in [0.25, 0.3) is 0 Å². The lowest BCUT2D eigenvalue weighted by atomic mass is 9.99. The van der Waals surface area contributed by atoms with E-state index < -0.39 is 0 Å². The Morgan fingerprint density at radius 2 is 1.55 bits per heavy atom. The Balaban J connectivity index is 2.13. The third-order valence-corrected chi connectivity index (χ3v) is 4.77. The molecule has 0 bridgehead atoms. The summed E-state index contributed by atoms with van der Waals surface area (Å²) in [6.45, 7) is 8.23. The molecule has 0 aliphatic carbocycles. The molecule has 0 aromatic heterocycles. The van der Waals surface area contributed by atoms with Crippen molar-refractivity contribution in [3.8, 4) is 0 Å². The van der Waals surface area contributed by atoms with Gasteiger partial charge in [-0.15, -0.1) is 11.8 Å². The van der Waals surface area contributed by atoms with Crippen molar-refractivity contribution in [2.75, 3.05) is 5.75 Å². The summed E-state index contributed by atoms with van der Waals surface area (Å²) >= 11 is 1.62. The van der Waals surface area contributed by atoms with Gasteiger partial charge < -0.3 is 0 Å². The van der Waals surface area contributed by atoms with Gasteiger partial charge in [0.2, 0.25) is 0 Å². The Kier molecular flexibility index (Phi) is 4.66. The van der Waals surface area contributed by atoms with Crippen LogP contribution in [0.3, 0.4) is 0 Å². The van der Waals surface area contributed by atoms with Gasteiger partial charge in [0.05, 0.1) is 5.75 Å². The number of rotatable bonds is 4. The molecule has 0 saturated heterocycles. The fraction of sp³-hybridized carbons (Fsp3) is 0.278. The van der Waals surface area contributed by atoms with Crippen molar-refractivity contribution in [3.63, 3.8) is 0 Å². The standard InChI is InChI=1S/C18H20OS/c1-12-7-5-6-8-18(12)20-11-17(19)16-10-14(3)13(2)9-15(16)4/h5-10H,11H2,1-4H3. The average molecular weight is 284 g/mol. The van der Waals surface area contributed by atoms with Crippen molar-refractivity contribution >= 4 is 17.5 Å². The maximum Gasteiger partial charge on any atom is 0.173 e. The fourth-order valence-corrected chi connectivity index (χ4v) is 3.11. The normalized spacial score (nSPS) is 10.6. The molecular formula is C18H20OS. The highest BCUT2D eigenvalue weighted by Crippen LogP contribution is 2.24. The summed E-state index contributed by atoms with van der Waals surface area (Å²) in [5.41, 5.74) is 5.57. The van der Waals surface area contributed by atoms with Crippen LogP contribution in [-0.4, -0.2) is 11.5 Å². The minimum absolute atomic E-state index is 0.207. The lowest BCUT2D eigenvalue weighted by Crippen LogP contribution is -2.06. The number of carbonyl (C=O) groups excluding carboxylic acids is 1. The summed E-state index contributed by atoms with van der Waals surface area (Å²) in [5.74, 6) is 0.702. The van der Waals surface area contributed by atoms with E-state index in [2.05, 4.69) is 39.0 Å². The molecule has 2 aromatic carbocycles. The highest BCUT2D eigenvalue weighted by molar-refractivity contribution is 8.00. The molecule has 2 heteroatoms. The largest absolute Gasteiger partial charge is 0.293 e. The van der Waals surface area contributed by atoms with E-state index >= 15 is 0 Å². The van der Waals surface area contributed by atoms with Crippen LogP contribution in [0.1, 0.15) is 32.6 Å². The molecule has 0 radical (unpaired) electrons. The Bertz CT molecular complexity index is 644. The number of ketones is 1. The molecule has 2 rings (SSSR count). The van der Waals surface area contributed by atoms with Crippen LogP contribution in [0.2, 0.25) is 0 Å². The first-order valence-electron chi connectivity index (χ1n) is 6.78. The molecule has 20 heavy (non-hydrogen) atoms. The Morgan fingerprint density at radius 3 is 2.25 bits per heavy atom. The van der Waals surface area contributed by atoms with Crippen LogP contribution in [0, 0.1) is 27.7 Å². The predicted molar refractivity (Wildman–Crippen MR) is 86.9 cm³/mol. The van der Waals surface area contributed by atoms with Crippen LogP contribution in [0.4, 0.5) is 0 Å². The van der Waals surface area contributed by atoms with Crippen molar-refractivity contribution in [2.24, 2.45) is 0 Å². The van der Waals surface area contributed by atoms with Crippen LogP contribution in [-0.2, 0) is 0 Å². The van der Waals surface area contributed by atoms with Gasteiger partial charge in [0, 0.05) is 10.5 Å². The van der Waals surface area contributed by atoms with Crippen molar-refractivity contribution in [3.05, 3.63) is 64.2 Å². The van der Waals surface area contributed by atoms with E-state index in [0.717, 1.165) is 11.1 Å². The first kappa shape index (κ1) is 14.9. The summed E-state index contributed by atoms with van der Waals surface area (Å²) in [7, 11) is 0. The molecule has 104 valence electrons. The SMILES string of the molecule is Cc1cc(C)c(C(=O)CSc2ccccc2C)cc1C. The van der Waals surface area contributed by atoms with E-state index in [-0.39, 0.29) is 5.78 Å². The Hall–Kier alpha value is -1.54. The summed E-state index contributed by atoms with van der Waals surface area (Å²) in [4.78, 5) is 13.6. The number of benzene rings is 2. The van der Waals surface area contributed by atoms with Gasteiger partial charge in [-0.2, -0.15) is 0 Å². The van der Waals surface area contributed by atoms with Gasteiger partial charge in [0.1, 0.15) is 0 Å². The molecule has 0 aliphatic rings. The van der Waals surface area contributed by atoms with Crippen molar-refractivity contribution in [2.45, 2.75) is 32.6 Å². The highest BCUT2D eigenvalue weighted by atomic mass is 32.2. The summed E-state index contributed by atoms with van der Waals surface area (Å²) < 4.78 is 0. The maximum atomic E-state index is 12.4. The van der Waals surface area contributed by atoms with Crippen LogP contribution in [0.15, 0.2) is 41.3 Å². The lowest BCUT2D eigenvalue weighted by molar-refractivity contribution is 0.102.